The zero-order valence-corrected chi connectivity index (χ0v) is 20.8. The van der Waals surface area contributed by atoms with Gasteiger partial charge in [0.2, 0.25) is 5.82 Å². The van der Waals surface area contributed by atoms with Gasteiger partial charge in [-0.3, -0.25) is 4.79 Å². The maximum Gasteiger partial charge on any atom is 0.319 e. The van der Waals surface area contributed by atoms with Crippen LogP contribution in [-0.4, -0.2) is 12.6 Å². The Bertz CT molecular complexity index is 944. The summed E-state index contributed by atoms with van der Waals surface area (Å²) in [5.74, 6) is 0.346. The number of ether oxygens (including phenoxy) is 2. The van der Waals surface area contributed by atoms with E-state index < -0.39 is 17.7 Å². The molecule has 1 unspecified atom stereocenters. The Balaban J connectivity index is 1.37. The van der Waals surface area contributed by atoms with Crippen LogP contribution in [0.2, 0.25) is 0 Å². The van der Waals surface area contributed by atoms with Crippen molar-refractivity contribution in [2.24, 2.45) is 5.92 Å². The molecule has 4 rings (SSSR count). The molecule has 34 heavy (non-hydrogen) atoms. The number of rotatable bonds is 10. The average molecular weight is 467 g/mol. The van der Waals surface area contributed by atoms with E-state index >= 15 is 0 Å². The number of unbranched alkanes of at least 4 members (excludes halogenated alkanes) is 3. The van der Waals surface area contributed by atoms with Crippen molar-refractivity contribution in [1.29, 1.82) is 0 Å². The highest BCUT2D eigenvalue weighted by atomic mass is 19.1. The summed E-state index contributed by atoms with van der Waals surface area (Å²) in [6.45, 7) is 4.78. The number of carbonyl (C=O) groups excluding carboxylic acids is 1. The zero-order valence-electron chi connectivity index (χ0n) is 20.8. The van der Waals surface area contributed by atoms with Crippen molar-refractivity contribution >= 4 is 5.97 Å². The topological polar surface area (TPSA) is 35.5 Å². The Morgan fingerprint density at radius 3 is 2.32 bits per heavy atom. The molecule has 0 bridgehead atoms. The van der Waals surface area contributed by atoms with Crippen molar-refractivity contribution in [2.75, 3.05) is 6.61 Å². The highest BCUT2D eigenvalue weighted by molar-refractivity contribution is 5.83. The van der Waals surface area contributed by atoms with Gasteiger partial charge < -0.3 is 9.47 Å². The number of hydrogen-bond donors (Lipinski definition) is 0. The lowest BCUT2D eigenvalue weighted by atomic mass is 9.76. The summed E-state index contributed by atoms with van der Waals surface area (Å²) in [7, 11) is 0. The third-order valence-corrected chi connectivity index (χ3v) is 7.68. The molecule has 1 heterocycles. The fourth-order valence-electron chi connectivity index (χ4n) is 5.48. The molecule has 0 spiro atoms. The molecule has 3 nitrogen and oxygen atoms in total. The summed E-state index contributed by atoms with van der Waals surface area (Å²) < 4.78 is 25.9. The molecule has 0 amide bonds. The molecule has 0 aromatic heterocycles. The molecule has 2 aromatic carbocycles. The Morgan fingerprint density at radius 2 is 1.62 bits per heavy atom. The van der Waals surface area contributed by atoms with Crippen LogP contribution in [0.5, 0.6) is 11.5 Å². The third kappa shape index (κ3) is 5.82. The van der Waals surface area contributed by atoms with E-state index in [-0.39, 0.29) is 11.5 Å². The summed E-state index contributed by atoms with van der Waals surface area (Å²) in [6.07, 6.45) is 12.9. The van der Waals surface area contributed by atoms with Gasteiger partial charge >= 0.3 is 5.97 Å². The molecule has 0 saturated heterocycles. The predicted octanol–water partition coefficient (Wildman–Crippen LogP) is 8.10. The van der Waals surface area contributed by atoms with Crippen LogP contribution >= 0.6 is 0 Å². The van der Waals surface area contributed by atoms with Crippen LogP contribution in [0.1, 0.15) is 107 Å². The fourth-order valence-corrected chi connectivity index (χ4v) is 5.48. The Hall–Kier alpha value is -2.36. The maximum absolute atomic E-state index is 14.9. The molecule has 184 valence electrons. The highest BCUT2D eigenvalue weighted by Crippen LogP contribution is 2.40. The minimum atomic E-state index is -0.568. The molecule has 0 N–H and O–H groups in total. The number of benzene rings is 2. The molecular weight excluding hydrogens is 427 g/mol. The van der Waals surface area contributed by atoms with Crippen LogP contribution in [-0.2, 0) is 11.2 Å². The number of esters is 1. The number of halogens is 1. The minimum Gasteiger partial charge on any atom is -0.490 e. The maximum atomic E-state index is 14.9. The second-order valence-electron chi connectivity index (χ2n) is 10.1. The molecule has 2 aliphatic rings. The first-order valence-corrected chi connectivity index (χ1v) is 13.4. The van der Waals surface area contributed by atoms with Crippen molar-refractivity contribution < 1.29 is 18.7 Å². The lowest BCUT2D eigenvalue weighted by Gasteiger charge is -2.29. The quantitative estimate of drug-likeness (QED) is 0.202. The molecule has 1 fully saturated rings. The van der Waals surface area contributed by atoms with Gasteiger partial charge in [-0.2, -0.15) is 4.39 Å². The standard InChI is InChI=1S/C30H39FO3/c1-3-5-7-8-21-9-11-22(12-10-21)23-13-15-24(16-14-23)26-20-25-17-18-27(33-19-6-4-2)28(31)29(25)34-30(26)32/h13-18,21-22,26H,3-12,19-20H2,1-2H3. The lowest BCUT2D eigenvalue weighted by molar-refractivity contribution is -0.137. The Labute approximate surface area is 204 Å². The molecule has 1 atom stereocenters. The minimum absolute atomic E-state index is 0.0302. The largest absolute Gasteiger partial charge is 0.490 e. The van der Waals surface area contributed by atoms with E-state index in [0.717, 1.165) is 29.9 Å². The number of carbonyl (C=O) groups is 1. The smallest absolute Gasteiger partial charge is 0.319 e. The zero-order chi connectivity index (χ0) is 23.9. The molecule has 1 saturated carbocycles. The SMILES string of the molecule is CCCCCC1CCC(c2ccc(C3Cc4ccc(OCCCC)c(F)c4OC3=O)cc2)CC1. The molecular formula is C30H39FO3. The van der Waals surface area contributed by atoms with Crippen LogP contribution < -0.4 is 9.47 Å². The summed E-state index contributed by atoms with van der Waals surface area (Å²) in [5, 5.41) is 0. The molecule has 4 heteroatoms. The predicted molar refractivity (Wildman–Crippen MR) is 134 cm³/mol. The van der Waals surface area contributed by atoms with Gasteiger partial charge in [0.05, 0.1) is 12.5 Å². The fraction of sp³-hybridized carbons (Fsp3) is 0.567. The normalized spacial score (nSPS) is 22.2. The number of hydrogen-bond acceptors (Lipinski definition) is 3. The summed E-state index contributed by atoms with van der Waals surface area (Å²) in [4.78, 5) is 12.8. The van der Waals surface area contributed by atoms with Gasteiger partial charge in [-0.15, -0.1) is 0 Å². The number of fused-ring (bicyclic) bond motifs is 1. The molecule has 1 aliphatic heterocycles. The van der Waals surface area contributed by atoms with Crippen molar-refractivity contribution in [1.82, 2.24) is 0 Å². The average Bonchev–Trinajstić information content (AvgIpc) is 2.86. The van der Waals surface area contributed by atoms with Crippen LogP contribution in [0, 0.1) is 11.7 Å². The third-order valence-electron chi connectivity index (χ3n) is 7.68. The van der Waals surface area contributed by atoms with E-state index in [0.29, 0.717) is 18.9 Å². The van der Waals surface area contributed by atoms with E-state index in [1.54, 1.807) is 6.07 Å². The summed E-state index contributed by atoms with van der Waals surface area (Å²) in [6, 6.07) is 12.0. The first-order valence-electron chi connectivity index (χ1n) is 13.4. The molecule has 0 radical (unpaired) electrons. The van der Waals surface area contributed by atoms with E-state index in [2.05, 4.69) is 38.1 Å². The van der Waals surface area contributed by atoms with Crippen LogP contribution in [0.25, 0.3) is 0 Å². The van der Waals surface area contributed by atoms with Crippen molar-refractivity contribution in [2.45, 2.75) is 96.3 Å². The van der Waals surface area contributed by atoms with Crippen molar-refractivity contribution in [3.63, 3.8) is 0 Å². The molecule has 1 aliphatic carbocycles. The Morgan fingerprint density at radius 1 is 0.912 bits per heavy atom. The van der Waals surface area contributed by atoms with E-state index in [1.165, 1.54) is 56.9 Å². The van der Waals surface area contributed by atoms with E-state index in [4.69, 9.17) is 9.47 Å². The highest BCUT2D eigenvalue weighted by Gasteiger charge is 2.33. The van der Waals surface area contributed by atoms with Crippen LogP contribution in [0.4, 0.5) is 4.39 Å². The Kier molecular flexibility index (Phi) is 8.64. The summed E-state index contributed by atoms with van der Waals surface area (Å²) >= 11 is 0. The monoisotopic (exact) mass is 466 g/mol. The van der Waals surface area contributed by atoms with Crippen molar-refractivity contribution in [3.05, 3.63) is 58.9 Å². The van der Waals surface area contributed by atoms with Crippen LogP contribution in [0.3, 0.4) is 0 Å². The van der Waals surface area contributed by atoms with Crippen LogP contribution in [0.15, 0.2) is 36.4 Å². The second-order valence-corrected chi connectivity index (χ2v) is 10.1. The van der Waals surface area contributed by atoms with Gasteiger partial charge in [0, 0.05) is 0 Å². The first kappa shape index (κ1) is 24.8. The van der Waals surface area contributed by atoms with E-state index in [9.17, 15) is 9.18 Å². The van der Waals surface area contributed by atoms with Crippen molar-refractivity contribution in [3.8, 4) is 11.5 Å². The van der Waals surface area contributed by atoms with Gasteiger partial charge in [0.15, 0.2) is 11.5 Å². The first-order chi connectivity index (χ1) is 16.6. The van der Waals surface area contributed by atoms with E-state index in [1.807, 2.05) is 6.07 Å². The summed E-state index contributed by atoms with van der Waals surface area (Å²) in [5.41, 5.74) is 3.03. The van der Waals surface area contributed by atoms with Gasteiger partial charge in [0.1, 0.15) is 0 Å². The van der Waals surface area contributed by atoms with Gasteiger partial charge in [-0.25, -0.2) is 0 Å². The van der Waals surface area contributed by atoms with Gasteiger partial charge in [-0.1, -0.05) is 76.3 Å². The lowest BCUT2D eigenvalue weighted by Crippen LogP contribution is -2.26. The van der Waals surface area contributed by atoms with Gasteiger partial charge in [0.25, 0.3) is 0 Å². The molecule has 2 aromatic rings. The second kappa shape index (κ2) is 11.9. The van der Waals surface area contributed by atoms with Gasteiger partial charge in [-0.05, 0) is 73.1 Å².